The van der Waals surface area contributed by atoms with Gasteiger partial charge in [0.2, 0.25) is 0 Å². The first-order valence-corrected chi connectivity index (χ1v) is 22.5. The second-order valence-electron chi connectivity index (χ2n) is 17.4. The molecule has 0 radical (unpaired) electrons. The van der Waals surface area contributed by atoms with Crippen LogP contribution in [0, 0.1) is 0 Å². The highest BCUT2D eigenvalue weighted by molar-refractivity contribution is 6.22. The molecule has 14 rings (SSSR count). The lowest BCUT2D eigenvalue weighted by Crippen LogP contribution is -2.28. The summed E-state index contributed by atoms with van der Waals surface area (Å²) in [6, 6.07) is 86.9. The zero-order valence-corrected chi connectivity index (χ0v) is 35.4. The highest BCUT2D eigenvalue weighted by atomic mass is 15.0. The van der Waals surface area contributed by atoms with E-state index >= 15 is 0 Å². The Morgan fingerprint density at radius 3 is 1.62 bits per heavy atom. The number of nitrogens with zero attached hydrogens (tertiary/aromatic N) is 3. The molecule has 0 unspecified atom stereocenters. The van der Waals surface area contributed by atoms with Gasteiger partial charge in [0.05, 0.1) is 44.4 Å². The maximum absolute atomic E-state index is 5.69. The zero-order valence-electron chi connectivity index (χ0n) is 35.4. The summed E-state index contributed by atoms with van der Waals surface area (Å²) < 4.78 is 4.87. The molecule has 0 fully saturated rings. The first kappa shape index (κ1) is 36.0. The van der Waals surface area contributed by atoms with Crippen LogP contribution >= 0.6 is 0 Å². The normalized spacial score (nSPS) is 13.0. The van der Waals surface area contributed by atoms with Crippen molar-refractivity contribution in [2.45, 2.75) is 5.41 Å². The van der Waals surface area contributed by atoms with Gasteiger partial charge >= 0.3 is 0 Å². The Balaban J connectivity index is 1.08. The molecule has 3 heteroatoms. The van der Waals surface area contributed by atoms with E-state index in [9.17, 15) is 0 Å². The molecule has 0 spiro atoms. The topological polar surface area (TPSA) is 22.8 Å². The van der Waals surface area contributed by atoms with Crippen LogP contribution in [0.15, 0.2) is 237 Å². The second kappa shape index (κ2) is 13.7. The van der Waals surface area contributed by atoms with E-state index in [1.54, 1.807) is 0 Å². The summed E-state index contributed by atoms with van der Waals surface area (Å²) in [6.45, 7) is 0. The minimum absolute atomic E-state index is 0.545. The van der Waals surface area contributed by atoms with Crippen molar-refractivity contribution in [2.24, 2.45) is 0 Å². The van der Waals surface area contributed by atoms with E-state index < -0.39 is 5.41 Å². The summed E-state index contributed by atoms with van der Waals surface area (Å²) in [4.78, 5) is 5.69. The van der Waals surface area contributed by atoms with Crippen molar-refractivity contribution in [3.05, 3.63) is 259 Å². The van der Waals surface area contributed by atoms with Gasteiger partial charge in [-0.3, -0.25) is 0 Å². The molecule has 3 nitrogen and oxygen atoms in total. The highest BCUT2D eigenvalue weighted by Crippen LogP contribution is 2.57. The largest absolute Gasteiger partial charge is 0.309 e. The molecule has 0 bridgehead atoms. The maximum atomic E-state index is 5.69. The van der Waals surface area contributed by atoms with E-state index in [0.29, 0.717) is 0 Å². The molecular weight excluding hydrogens is 787 g/mol. The summed E-state index contributed by atoms with van der Waals surface area (Å²) in [5.74, 6) is 0. The lowest BCUT2D eigenvalue weighted by Gasteiger charge is -2.34. The first-order valence-electron chi connectivity index (χ1n) is 22.5. The number of rotatable bonds is 5. The SMILES string of the molecule is c1ccc(C2(c3ccccc3)c3ccccc3-c3cc4c(-n5c6ccccc6c6c7ccccc7ccc65)cc(-c5ccc(-n6c7ccccc7c7ccccc76)cc5)nc4cc32)cc1. The molecule has 1 aliphatic carbocycles. The van der Waals surface area contributed by atoms with Crippen LogP contribution in [-0.4, -0.2) is 14.1 Å². The number of hydrogen-bond acceptors (Lipinski definition) is 1. The Hall–Kier alpha value is -8.53. The summed E-state index contributed by atoms with van der Waals surface area (Å²) in [5.41, 5.74) is 16.9. The lowest BCUT2D eigenvalue weighted by atomic mass is 9.67. The Morgan fingerprint density at radius 2 is 0.923 bits per heavy atom. The molecule has 10 aromatic carbocycles. The van der Waals surface area contributed by atoms with Crippen molar-refractivity contribution in [1.82, 2.24) is 14.1 Å². The minimum atomic E-state index is -0.545. The molecular formula is C62H39N3. The first-order chi connectivity index (χ1) is 32.3. The van der Waals surface area contributed by atoms with Crippen LogP contribution in [0.25, 0.3) is 99.0 Å². The highest BCUT2D eigenvalue weighted by Gasteiger charge is 2.46. The van der Waals surface area contributed by atoms with Gasteiger partial charge in [-0.15, -0.1) is 0 Å². The predicted octanol–water partition coefficient (Wildman–Crippen LogP) is 15.6. The summed E-state index contributed by atoms with van der Waals surface area (Å²) in [5, 5.41) is 8.60. The second-order valence-corrected chi connectivity index (χ2v) is 17.4. The molecule has 0 atom stereocenters. The maximum Gasteiger partial charge on any atom is 0.0734 e. The van der Waals surface area contributed by atoms with Gasteiger partial charge in [0.15, 0.2) is 0 Å². The zero-order chi connectivity index (χ0) is 42.6. The van der Waals surface area contributed by atoms with Crippen LogP contribution in [0.2, 0.25) is 0 Å². The standard InChI is InChI=1S/C62H39N3/c1-3-18-42(19-4-1)62(43-20-5-2-6-21-43)52-27-13-9-23-46(52)50-37-51-55(38-53(50)62)63-54(41-31-34-44(35-32-41)64-56-28-14-10-24-47(56)48-25-11-15-29-57(48)64)39-60(51)65-58-30-16-12-26-49(58)61-45-22-8-7-17-40(45)33-36-59(61)65/h1-39H. The number of para-hydroxylation sites is 3. The van der Waals surface area contributed by atoms with E-state index in [0.717, 1.165) is 33.5 Å². The third-order valence-corrected chi connectivity index (χ3v) is 14.2. The molecule has 65 heavy (non-hydrogen) atoms. The van der Waals surface area contributed by atoms with Gasteiger partial charge in [-0.05, 0) is 98.8 Å². The number of aromatic nitrogens is 3. The van der Waals surface area contributed by atoms with Crippen LogP contribution in [0.3, 0.4) is 0 Å². The van der Waals surface area contributed by atoms with E-state index in [2.05, 4.69) is 246 Å². The fourth-order valence-corrected chi connectivity index (χ4v) is 11.5. The van der Waals surface area contributed by atoms with Gasteiger partial charge < -0.3 is 9.13 Å². The molecule has 0 saturated heterocycles. The lowest BCUT2D eigenvalue weighted by molar-refractivity contribution is 0.769. The number of benzene rings is 10. The van der Waals surface area contributed by atoms with Crippen LogP contribution in [0.5, 0.6) is 0 Å². The van der Waals surface area contributed by atoms with Gasteiger partial charge in [0.25, 0.3) is 0 Å². The van der Waals surface area contributed by atoms with Crippen molar-refractivity contribution in [3.8, 4) is 33.8 Å². The van der Waals surface area contributed by atoms with Crippen molar-refractivity contribution < 1.29 is 0 Å². The molecule has 3 aromatic heterocycles. The Kier molecular flexibility index (Phi) is 7.61. The Labute approximate surface area is 375 Å². The summed E-state index contributed by atoms with van der Waals surface area (Å²) in [6.07, 6.45) is 0. The van der Waals surface area contributed by atoms with E-state index in [4.69, 9.17) is 4.98 Å². The molecule has 302 valence electrons. The Morgan fingerprint density at radius 1 is 0.354 bits per heavy atom. The fourth-order valence-electron chi connectivity index (χ4n) is 11.5. The van der Waals surface area contributed by atoms with Gasteiger partial charge in [-0.2, -0.15) is 0 Å². The van der Waals surface area contributed by atoms with Crippen LogP contribution in [0.4, 0.5) is 0 Å². The molecule has 0 N–H and O–H groups in total. The van der Waals surface area contributed by atoms with Gasteiger partial charge in [-0.1, -0.05) is 182 Å². The number of fused-ring (bicyclic) bond motifs is 12. The van der Waals surface area contributed by atoms with Gasteiger partial charge in [-0.25, -0.2) is 4.98 Å². The molecule has 13 aromatic rings. The fraction of sp³-hybridized carbons (Fsp3) is 0.0161. The predicted molar refractivity (Wildman–Crippen MR) is 271 cm³/mol. The third kappa shape index (κ3) is 5.04. The van der Waals surface area contributed by atoms with Crippen molar-refractivity contribution >= 4 is 65.3 Å². The van der Waals surface area contributed by atoms with Crippen LogP contribution in [-0.2, 0) is 5.41 Å². The number of hydrogen-bond donors (Lipinski definition) is 0. The minimum Gasteiger partial charge on any atom is -0.309 e. The van der Waals surface area contributed by atoms with Crippen molar-refractivity contribution in [2.75, 3.05) is 0 Å². The monoisotopic (exact) mass is 825 g/mol. The average Bonchev–Trinajstić information content (AvgIpc) is 4.00. The molecule has 1 aliphatic rings. The van der Waals surface area contributed by atoms with Crippen molar-refractivity contribution in [3.63, 3.8) is 0 Å². The molecule has 0 amide bonds. The summed E-state index contributed by atoms with van der Waals surface area (Å²) >= 11 is 0. The summed E-state index contributed by atoms with van der Waals surface area (Å²) in [7, 11) is 0. The molecule has 0 aliphatic heterocycles. The Bertz CT molecular complexity index is 3950. The quantitative estimate of drug-likeness (QED) is 0.169. The van der Waals surface area contributed by atoms with Gasteiger partial charge in [0, 0.05) is 38.2 Å². The van der Waals surface area contributed by atoms with Crippen LogP contribution in [0.1, 0.15) is 22.3 Å². The van der Waals surface area contributed by atoms with E-state index in [1.807, 2.05) is 0 Å². The molecule has 0 saturated carbocycles. The van der Waals surface area contributed by atoms with Crippen LogP contribution < -0.4 is 0 Å². The molecule has 3 heterocycles. The smallest absolute Gasteiger partial charge is 0.0734 e. The number of pyridine rings is 1. The van der Waals surface area contributed by atoms with E-state index in [-0.39, 0.29) is 0 Å². The van der Waals surface area contributed by atoms with Crippen molar-refractivity contribution in [1.29, 1.82) is 0 Å². The van der Waals surface area contributed by atoms with E-state index in [1.165, 1.54) is 87.8 Å². The van der Waals surface area contributed by atoms with Gasteiger partial charge in [0.1, 0.15) is 0 Å². The third-order valence-electron chi connectivity index (χ3n) is 14.2. The average molecular weight is 826 g/mol.